The first-order valence-corrected chi connectivity index (χ1v) is 6.39. The van der Waals surface area contributed by atoms with Crippen LogP contribution in [0.4, 0.5) is 13.2 Å². The fourth-order valence-corrected chi connectivity index (χ4v) is 2.36. The molecule has 18 heavy (non-hydrogen) atoms. The molecule has 6 heteroatoms. The third-order valence-electron chi connectivity index (χ3n) is 3.10. The van der Waals surface area contributed by atoms with Crippen LogP contribution in [-0.4, -0.2) is 43.2 Å². The van der Waals surface area contributed by atoms with Crippen molar-refractivity contribution in [1.29, 1.82) is 0 Å². The average Bonchev–Trinajstić information content (AvgIpc) is 2.26. The lowest BCUT2D eigenvalue weighted by atomic mass is 9.91. The molecule has 0 saturated carbocycles. The molecule has 1 aliphatic heterocycles. The van der Waals surface area contributed by atoms with Crippen molar-refractivity contribution in [1.82, 2.24) is 10.2 Å². The van der Waals surface area contributed by atoms with Crippen molar-refractivity contribution in [2.24, 2.45) is 11.8 Å². The number of nitrogens with one attached hydrogen (secondary N) is 1. The van der Waals surface area contributed by atoms with E-state index >= 15 is 0 Å². The summed E-state index contributed by atoms with van der Waals surface area (Å²) in [6.45, 7) is 4.13. The molecular weight excluding hydrogens is 245 g/mol. The summed E-state index contributed by atoms with van der Waals surface area (Å²) < 4.78 is 37.3. The first kappa shape index (κ1) is 15.3. The van der Waals surface area contributed by atoms with E-state index in [1.165, 1.54) is 0 Å². The van der Waals surface area contributed by atoms with E-state index in [-0.39, 0.29) is 18.4 Å². The molecule has 0 spiro atoms. The second kappa shape index (κ2) is 6.41. The van der Waals surface area contributed by atoms with E-state index in [0.717, 1.165) is 11.4 Å². The largest absolute Gasteiger partial charge is 0.406 e. The number of rotatable bonds is 4. The molecule has 0 bridgehead atoms. The maximum Gasteiger partial charge on any atom is 0.406 e. The Hall–Kier alpha value is -0.780. The normalized spacial score (nSPS) is 24.9. The first-order chi connectivity index (χ1) is 8.33. The zero-order valence-electron chi connectivity index (χ0n) is 10.9. The Bertz CT molecular complexity index is 281. The Balaban J connectivity index is 2.63. The molecular formula is C12H21F3N2O. The van der Waals surface area contributed by atoms with Crippen molar-refractivity contribution in [2.75, 3.05) is 26.2 Å². The van der Waals surface area contributed by atoms with Gasteiger partial charge in [-0.3, -0.25) is 4.79 Å². The quantitative estimate of drug-likeness (QED) is 0.844. The smallest absolute Gasteiger partial charge is 0.333 e. The summed E-state index contributed by atoms with van der Waals surface area (Å²) in [5.74, 6) is -0.349. The summed E-state index contributed by atoms with van der Waals surface area (Å²) in [5, 5.41) is 3.10. The fourth-order valence-electron chi connectivity index (χ4n) is 2.36. The van der Waals surface area contributed by atoms with Crippen LogP contribution in [0, 0.1) is 11.8 Å². The highest BCUT2D eigenvalue weighted by atomic mass is 19.4. The third kappa shape index (κ3) is 4.84. The second-order valence-corrected chi connectivity index (χ2v) is 5.07. The van der Waals surface area contributed by atoms with Gasteiger partial charge in [-0.2, -0.15) is 13.2 Å². The van der Waals surface area contributed by atoms with Gasteiger partial charge in [0.1, 0.15) is 6.54 Å². The summed E-state index contributed by atoms with van der Waals surface area (Å²) >= 11 is 0. The highest BCUT2D eigenvalue weighted by Gasteiger charge is 2.36. The monoisotopic (exact) mass is 266 g/mol. The number of carbonyl (C=O) groups is 1. The highest BCUT2D eigenvalue weighted by molar-refractivity contribution is 5.79. The molecule has 0 aromatic heterocycles. The van der Waals surface area contributed by atoms with Crippen molar-refractivity contribution in [3.8, 4) is 0 Å². The molecule has 1 fully saturated rings. The third-order valence-corrected chi connectivity index (χ3v) is 3.10. The number of piperidine rings is 1. The van der Waals surface area contributed by atoms with Gasteiger partial charge in [-0.05, 0) is 25.3 Å². The van der Waals surface area contributed by atoms with Crippen molar-refractivity contribution in [3.05, 3.63) is 0 Å². The predicted octanol–water partition coefficient (Wildman–Crippen LogP) is 2.03. The van der Waals surface area contributed by atoms with Crippen LogP contribution >= 0.6 is 0 Å². The molecule has 3 nitrogen and oxygen atoms in total. The molecule has 1 amide bonds. The number of hydrogen-bond donors (Lipinski definition) is 1. The number of carbonyl (C=O) groups excluding carboxylic acids is 1. The van der Waals surface area contributed by atoms with Gasteiger partial charge in [-0.15, -0.1) is 0 Å². The summed E-state index contributed by atoms with van der Waals surface area (Å²) in [6, 6.07) is 0. The van der Waals surface area contributed by atoms with Crippen LogP contribution in [0.1, 0.15) is 26.7 Å². The van der Waals surface area contributed by atoms with Gasteiger partial charge < -0.3 is 10.2 Å². The molecule has 0 aromatic carbocycles. The molecule has 0 aliphatic carbocycles. The Labute approximate surface area is 106 Å². The lowest BCUT2D eigenvalue weighted by Gasteiger charge is -2.32. The summed E-state index contributed by atoms with van der Waals surface area (Å²) in [6.07, 6.45) is -3.11. The van der Waals surface area contributed by atoms with E-state index in [0.29, 0.717) is 25.3 Å². The lowest BCUT2D eigenvalue weighted by molar-refractivity contribution is -0.164. The van der Waals surface area contributed by atoms with E-state index in [2.05, 4.69) is 5.32 Å². The van der Waals surface area contributed by atoms with Crippen LogP contribution in [0.2, 0.25) is 0 Å². The highest BCUT2D eigenvalue weighted by Crippen LogP contribution is 2.22. The summed E-state index contributed by atoms with van der Waals surface area (Å²) in [7, 11) is 0. The second-order valence-electron chi connectivity index (χ2n) is 5.07. The van der Waals surface area contributed by atoms with Crippen LogP contribution in [-0.2, 0) is 4.79 Å². The minimum Gasteiger partial charge on any atom is -0.333 e. The standard InChI is InChI=1S/C12H21F3N2O/c1-3-4-17(8-12(13,14)15)11(18)10-5-9(2)6-16-7-10/h9-10,16H,3-8H2,1-2H3. The average molecular weight is 266 g/mol. The van der Waals surface area contributed by atoms with Crippen LogP contribution in [0.3, 0.4) is 0 Å². The minimum atomic E-state index is -4.32. The van der Waals surface area contributed by atoms with Crippen LogP contribution < -0.4 is 5.32 Å². The van der Waals surface area contributed by atoms with E-state index in [1.54, 1.807) is 6.92 Å². The minimum absolute atomic E-state index is 0.170. The van der Waals surface area contributed by atoms with E-state index in [9.17, 15) is 18.0 Å². The number of hydrogen-bond acceptors (Lipinski definition) is 2. The van der Waals surface area contributed by atoms with Crippen LogP contribution in [0.25, 0.3) is 0 Å². The lowest BCUT2D eigenvalue weighted by Crippen LogP contribution is -2.48. The molecule has 0 aromatic rings. The van der Waals surface area contributed by atoms with Crippen molar-refractivity contribution in [2.45, 2.75) is 32.9 Å². The van der Waals surface area contributed by atoms with E-state index < -0.39 is 12.7 Å². The topological polar surface area (TPSA) is 32.3 Å². The molecule has 106 valence electrons. The first-order valence-electron chi connectivity index (χ1n) is 6.39. The zero-order valence-corrected chi connectivity index (χ0v) is 10.9. The van der Waals surface area contributed by atoms with E-state index in [1.807, 2.05) is 6.92 Å². The van der Waals surface area contributed by atoms with E-state index in [4.69, 9.17) is 0 Å². The van der Waals surface area contributed by atoms with Gasteiger partial charge in [0.05, 0.1) is 5.92 Å². The van der Waals surface area contributed by atoms with Crippen molar-refractivity contribution >= 4 is 5.91 Å². The van der Waals surface area contributed by atoms with Gasteiger partial charge in [-0.25, -0.2) is 0 Å². The van der Waals surface area contributed by atoms with Gasteiger partial charge in [0.2, 0.25) is 5.91 Å². The molecule has 1 saturated heterocycles. The van der Waals surface area contributed by atoms with Crippen LogP contribution in [0.15, 0.2) is 0 Å². The number of amides is 1. The number of alkyl halides is 3. The van der Waals surface area contributed by atoms with Crippen LogP contribution in [0.5, 0.6) is 0 Å². The SMILES string of the molecule is CCCN(CC(F)(F)F)C(=O)C1CNCC(C)C1. The van der Waals surface area contributed by atoms with Crippen molar-refractivity contribution < 1.29 is 18.0 Å². The van der Waals surface area contributed by atoms with Gasteiger partial charge in [-0.1, -0.05) is 13.8 Å². The Morgan fingerprint density at radius 1 is 1.39 bits per heavy atom. The zero-order chi connectivity index (χ0) is 13.8. The molecule has 1 rings (SSSR count). The predicted molar refractivity (Wildman–Crippen MR) is 63.1 cm³/mol. The molecule has 2 atom stereocenters. The van der Waals surface area contributed by atoms with Gasteiger partial charge >= 0.3 is 6.18 Å². The maximum atomic E-state index is 12.4. The molecule has 1 aliphatic rings. The fraction of sp³-hybridized carbons (Fsp3) is 0.917. The Morgan fingerprint density at radius 2 is 2.06 bits per heavy atom. The molecule has 1 heterocycles. The molecule has 2 unspecified atom stereocenters. The Morgan fingerprint density at radius 3 is 2.56 bits per heavy atom. The maximum absolute atomic E-state index is 12.4. The van der Waals surface area contributed by atoms with Crippen molar-refractivity contribution in [3.63, 3.8) is 0 Å². The summed E-state index contributed by atoms with van der Waals surface area (Å²) in [5.41, 5.74) is 0. The molecule has 1 N–H and O–H groups in total. The van der Waals surface area contributed by atoms with Gasteiger partial charge in [0, 0.05) is 13.1 Å². The number of halogens is 3. The summed E-state index contributed by atoms with van der Waals surface area (Å²) in [4.78, 5) is 13.0. The Kier molecular flexibility index (Phi) is 5.44. The van der Waals surface area contributed by atoms with Gasteiger partial charge in [0.15, 0.2) is 0 Å². The van der Waals surface area contributed by atoms with Gasteiger partial charge in [0.25, 0.3) is 0 Å². The molecule has 0 radical (unpaired) electrons. The number of nitrogens with zero attached hydrogens (tertiary/aromatic N) is 1.